The Balaban J connectivity index is 2.28. The maximum atomic E-state index is 13.4. The van der Waals surface area contributed by atoms with Crippen LogP contribution in [0.25, 0.3) is 0 Å². The van der Waals surface area contributed by atoms with E-state index in [1.54, 1.807) is 12.1 Å². The first-order valence-electron chi connectivity index (χ1n) is 6.86. The van der Waals surface area contributed by atoms with Crippen LogP contribution in [0.3, 0.4) is 0 Å². The Morgan fingerprint density at radius 1 is 1.19 bits per heavy atom. The van der Waals surface area contributed by atoms with E-state index in [0.717, 1.165) is 19.4 Å². The number of anilines is 1. The summed E-state index contributed by atoms with van der Waals surface area (Å²) in [6.07, 6.45) is 1.71. The predicted octanol–water partition coefficient (Wildman–Crippen LogP) is 4.55. The number of ether oxygens (including phenoxy) is 1. The summed E-state index contributed by atoms with van der Waals surface area (Å²) >= 11 is 3.24. The van der Waals surface area contributed by atoms with Crippen molar-refractivity contribution in [3.8, 4) is 11.6 Å². The van der Waals surface area contributed by atoms with Gasteiger partial charge in [0, 0.05) is 29.6 Å². The molecule has 0 bridgehead atoms. The highest BCUT2D eigenvalue weighted by Gasteiger charge is 2.07. The number of hydrogen-bond donors (Lipinski definition) is 1. The number of nitrogens with zero attached hydrogens (tertiary/aromatic N) is 2. The molecule has 0 saturated heterocycles. The molecule has 0 spiro atoms. The lowest BCUT2D eigenvalue weighted by atomic mass is 10.3. The topological polar surface area (TPSA) is 47.0 Å². The second kappa shape index (κ2) is 7.36. The van der Waals surface area contributed by atoms with Crippen molar-refractivity contribution < 1.29 is 9.13 Å². The van der Waals surface area contributed by atoms with Gasteiger partial charge in [0.2, 0.25) is 5.88 Å². The predicted molar refractivity (Wildman–Crippen MR) is 84.4 cm³/mol. The number of benzene rings is 1. The molecule has 21 heavy (non-hydrogen) atoms. The second-order valence-electron chi connectivity index (χ2n) is 4.50. The van der Waals surface area contributed by atoms with Gasteiger partial charge in [0.05, 0.1) is 0 Å². The molecule has 4 nitrogen and oxygen atoms in total. The van der Waals surface area contributed by atoms with Crippen LogP contribution in [0.2, 0.25) is 0 Å². The van der Waals surface area contributed by atoms with Gasteiger partial charge < -0.3 is 10.1 Å². The lowest BCUT2D eigenvalue weighted by Crippen LogP contribution is -2.04. The Hall–Kier alpha value is -1.69. The number of aromatic nitrogens is 2. The SMILES string of the molecule is CCCc1nc(NCC)cc(Oc2cc(F)cc(Br)c2)n1. The Morgan fingerprint density at radius 3 is 2.67 bits per heavy atom. The third-order valence-electron chi connectivity index (χ3n) is 2.64. The molecular weight excluding hydrogens is 337 g/mol. The summed E-state index contributed by atoms with van der Waals surface area (Å²) in [5.41, 5.74) is 0. The van der Waals surface area contributed by atoms with E-state index in [-0.39, 0.29) is 5.82 Å². The zero-order valence-electron chi connectivity index (χ0n) is 12.0. The minimum absolute atomic E-state index is 0.367. The van der Waals surface area contributed by atoms with Crippen molar-refractivity contribution in [2.24, 2.45) is 0 Å². The lowest BCUT2D eigenvalue weighted by molar-refractivity contribution is 0.453. The molecule has 0 atom stereocenters. The van der Waals surface area contributed by atoms with Gasteiger partial charge in [0.1, 0.15) is 23.2 Å². The summed E-state index contributed by atoms with van der Waals surface area (Å²) in [5.74, 6) is 1.85. The van der Waals surface area contributed by atoms with Crippen molar-refractivity contribution in [3.63, 3.8) is 0 Å². The van der Waals surface area contributed by atoms with Crippen molar-refractivity contribution in [1.29, 1.82) is 0 Å². The van der Waals surface area contributed by atoms with Crippen LogP contribution in [0, 0.1) is 5.82 Å². The van der Waals surface area contributed by atoms with Gasteiger partial charge in [-0.05, 0) is 25.5 Å². The molecule has 0 amide bonds. The van der Waals surface area contributed by atoms with E-state index < -0.39 is 0 Å². The van der Waals surface area contributed by atoms with Gasteiger partial charge >= 0.3 is 0 Å². The Kier molecular flexibility index (Phi) is 5.50. The second-order valence-corrected chi connectivity index (χ2v) is 5.41. The van der Waals surface area contributed by atoms with E-state index in [9.17, 15) is 4.39 Å². The molecule has 0 radical (unpaired) electrons. The van der Waals surface area contributed by atoms with Crippen molar-refractivity contribution in [1.82, 2.24) is 9.97 Å². The molecule has 2 aromatic rings. The molecule has 112 valence electrons. The van der Waals surface area contributed by atoms with Crippen LogP contribution in [0.4, 0.5) is 10.2 Å². The van der Waals surface area contributed by atoms with Crippen molar-refractivity contribution in [2.75, 3.05) is 11.9 Å². The van der Waals surface area contributed by atoms with E-state index in [0.29, 0.717) is 27.7 Å². The van der Waals surface area contributed by atoms with E-state index in [1.165, 1.54) is 12.1 Å². The maximum absolute atomic E-state index is 13.4. The van der Waals surface area contributed by atoms with Gasteiger partial charge in [0.25, 0.3) is 0 Å². The standard InChI is InChI=1S/C15H17BrFN3O/c1-3-5-13-19-14(18-4-2)9-15(20-13)21-12-7-10(16)6-11(17)8-12/h6-9H,3-5H2,1-2H3,(H,18,19,20). The molecule has 1 N–H and O–H groups in total. The normalized spacial score (nSPS) is 10.5. The summed E-state index contributed by atoms with van der Waals surface area (Å²) < 4.78 is 19.6. The zero-order valence-corrected chi connectivity index (χ0v) is 13.6. The molecule has 0 aliphatic heterocycles. The molecule has 1 heterocycles. The Labute approximate surface area is 131 Å². The van der Waals surface area contributed by atoms with Crippen LogP contribution in [0.5, 0.6) is 11.6 Å². The zero-order chi connectivity index (χ0) is 15.2. The quantitative estimate of drug-likeness (QED) is 0.827. The van der Waals surface area contributed by atoms with Gasteiger partial charge in [-0.3, -0.25) is 0 Å². The van der Waals surface area contributed by atoms with Gasteiger partial charge in [-0.15, -0.1) is 0 Å². The smallest absolute Gasteiger partial charge is 0.224 e. The summed E-state index contributed by atoms with van der Waals surface area (Å²) in [6, 6.07) is 6.10. The monoisotopic (exact) mass is 353 g/mol. The maximum Gasteiger partial charge on any atom is 0.224 e. The fraction of sp³-hybridized carbons (Fsp3) is 0.333. The molecule has 0 saturated carbocycles. The van der Waals surface area contributed by atoms with Gasteiger partial charge in [-0.1, -0.05) is 22.9 Å². The molecule has 0 aliphatic rings. The summed E-state index contributed by atoms with van der Waals surface area (Å²) in [6.45, 7) is 4.81. The van der Waals surface area contributed by atoms with Crippen LogP contribution in [-0.4, -0.2) is 16.5 Å². The number of nitrogens with one attached hydrogen (secondary N) is 1. The molecule has 0 unspecified atom stereocenters. The third-order valence-corrected chi connectivity index (χ3v) is 3.10. The van der Waals surface area contributed by atoms with Crippen LogP contribution in [-0.2, 0) is 6.42 Å². The highest BCUT2D eigenvalue weighted by atomic mass is 79.9. The summed E-state index contributed by atoms with van der Waals surface area (Å²) in [4.78, 5) is 8.75. The molecular formula is C15H17BrFN3O. The van der Waals surface area contributed by atoms with Crippen molar-refractivity contribution in [2.45, 2.75) is 26.7 Å². The molecule has 6 heteroatoms. The van der Waals surface area contributed by atoms with Gasteiger partial charge in [-0.2, -0.15) is 4.98 Å². The first kappa shape index (κ1) is 15.7. The van der Waals surface area contributed by atoms with Gasteiger partial charge in [-0.25, -0.2) is 9.37 Å². The average Bonchev–Trinajstić information content (AvgIpc) is 2.37. The third kappa shape index (κ3) is 4.67. The Bertz CT molecular complexity index is 577. The van der Waals surface area contributed by atoms with Gasteiger partial charge in [0.15, 0.2) is 0 Å². The fourth-order valence-electron chi connectivity index (χ4n) is 1.84. The fourth-order valence-corrected chi connectivity index (χ4v) is 2.28. The van der Waals surface area contributed by atoms with E-state index in [1.807, 2.05) is 6.92 Å². The summed E-state index contributed by atoms with van der Waals surface area (Å²) in [5, 5.41) is 3.14. The lowest BCUT2D eigenvalue weighted by Gasteiger charge is -2.10. The van der Waals surface area contributed by atoms with Crippen LogP contribution < -0.4 is 10.1 Å². The summed E-state index contributed by atoms with van der Waals surface area (Å²) in [7, 11) is 0. The van der Waals surface area contributed by atoms with E-state index in [4.69, 9.17) is 4.74 Å². The molecule has 0 aliphatic carbocycles. The molecule has 1 aromatic carbocycles. The van der Waals surface area contributed by atoms with E-state index in [2.05, 4.69) is 38.1 Å². The number of aryl methyl sites for hydroxylation is 1. The van der Waals surface area contributed by atoms with E-state index >= 15 is 0 Å². The molecule has 0 fully saturated rings. The highest BCUT2D eigenvalue weighted by molar-refractivity contribution is 9.10. The minimum Gasteiger partial charge on any atom is -0.439 e. The minimum atomic E-state index is -0.367. The largest absolute Gasteiger partial charge is 0.439 e. The van der Waals surface area contributed by atoms with Crippen molar-refractivity contribution in [3.05, 3.63) is 40.4 Å². The molecule has 1 aromatic heterocycles. The van der Waals surface area contributed by atoms with Crippen molar-refractivity contribution >= 4 is 21.7 Å². The van der Waals surface area contributed by atoms with Crippen LogP contribution >= 0.6 is 15.9 Å². The molecule has 2 rings (SSSR count). The first-order chi connectivity index (χ1) is 10.1. The van der Waals surface area contributed by atoms with Crippen LogP contribution in [0.1, 0.15) is 26.1 Å². The van der Waals surface area contributed by atoms with Crippen LogP contribution in [0.15, 0.2) is 28.7 Å². The average molecular weight is 354 g/mol. The number of rotatable bonds is 6. The number of hydrogen-bond acceptors (Lipinski definition) is 4. The number of halogens is 2. The Morgan fingerprint density at radius 2 is 2.00 bits per heavy atom. The first-order valence-corrected chi connectivity index (χ1v) is 7.65. The highest BCUT2D eigenvalue weighted by Crippen LogP contribution is 2.26.